The Hall–Kier alpha value is -1.35. The van der Waals surface area contributed by atoms with Crippen molar-refractivity contribution in [2.24, 2.45) is 5.73 Å². The molecular weight excluding hydrogens is 190 g/mol. The highest BCUT2D eigenvalue weighted by Gasteiger charge is 2.03. The molecule has 0 aliphatic heterocycles. The zero-order valence-corrected chi connectivity index (χ0v) is 9.03. The lowest BCUT2D eigenvalue weighted by Crippen LogP contribution is -2.01. The second-order valence-corrected chi connectivity index (χ2v) is 3.43. The number of nitrogens with two attached hydrogens (primary N) is 1. The van der Waals surface area contributed by atoms with Crippen molar-refractivity contribution in [3.05, 3.63) is 35.4 Å². The molecule has 0 amide bonds. The first-order valence-electron chi connectivity index (χ1n) is 5.15. The van der Waals surface area contributed by atoms with E-state index in [1.54, 1.807) is 12.1 Å². The summed E-state index contributed by atoms with van der Waals surface area (Å²) in [5.74, 6) is -0.288. The number of methoxy groups -OCH3 is 1. The summed E-state index contributed by atoms with van der Waals surface area (Å²) in [6, 6.07) is 7.51. The molecule has 1 rings (SSSR count). The van der Waals surface area contributed by atoms with E-state index in [9.17, 15) is 4.79 Å². The van der Waals surface area contributed by atoms with Crippen LogP contribution in [-0.4, -0.2) is 19.6 Å². The summed E-state index contributed by atoms with van der Waals surface area (Å²) in [6.07, 6.45) is 3.14. The van der Waals surface area contributed by atoms with E-state index < -0.39 is 0 Å². The number of rotatable bonds is 5. The Morgan fingerprint density at radius 1 is 1.27 bits per heavy atom. The maximum Gasteiger partial charge on any atom is 0.337 e. The summed E-state index contributed by atoms with van der Waals surface area (Å²) in [7, 11) is 1.39. The van der Waals surface area contributed by atoms with Gasteiger partial charge in [-0.2, -0.15) is 0 Å². The van der Waals surface area contributed by atoms with Gasteiger partial charge in [-0.15, -0.1) is 0 Å². The standard InChI is InChI=1S/C12H17NO2/c1-15-12(14)11-7-5-10(6-8-11)4-2-3-9-13/h5-8H,2-4,9,13H2,1H3. The van der Waals surface area contributed by atoms with Crippen molar-refractivity contribution in [1.82, 2.24) is 0 Å². The van der Waals surface area contributed by atoms with Crippen molar-refractivity contribution in [2.45, 2.75) is 19.3 Å². The van der Waals surface area contributed by atoms with Crippen LogP contribution >= 0.6 is 0 Å². The second-order valence-electron chi connectivity index (χ2n) is 3.43. The van der Waals surface area contributed by atoms with Gasteiger partial charge in [0.1, 0.15) is 0 Å². The SMILES string of the molecule is COC(=O)c1ccc(CCCCN)cc1. The van der Waals surface area contributed by atoms with E-state index in [1.807, 2.05) is 12.1 Å². The van der Waals surface area contributed by atoms with Gasteiger partial charge in [-0.05, 0) is 43.5 Å². The average molecular weight is 207 g/mol. The number of hydrogen-bond donors (Lipinski definition) is 1. The Bertz CT molecular complexity index is 306. The topological polar surface area (TPSA) is 52.3 Å². The lowest BCUT2D eigenvalue weighted by Gasteiger charge is -2.02. The molecule has 2 N–H and O–H groups in total. The zero-order chi connectivity index (χ0) is 11.1. The van der Waals surface area contributed by atoms with Crippen molar-refractivity contribution in [3.8, 4) is 0 Å². The molecule has 0 bridgehead atoms. The minimum atomic E-state index is -0.288. The van der Waals surface area contributed by atoms with Crippen molar-refractivity contribution < 1.29 is 9.53 Å². The zero-order valence-electron chi connectivity index (χ0n) is 9.03. The average Bonchev–Trinajstić information content (AvgIpc) is 2.29. The Balaban J connectivity index is 2.52. The number of hydrogen-bond acceptors (Lipinski definition) is 3. The van der Waals surface area contributed by atoms with Crippen LogP contribution in [0.2, 0.25) is 0 Å². The quantitative estimate of drug-likeness (QED) is 0.591. The predicted octanol–water partition coefficient (Wildman–Crippen LogP) is 1.75. The van der Waals surface area contributed by atoms with Gasteiger partial charge in [0.2, 0.25) is 0 Å². The first-order chi connectivity index (χ1) is 7.27. The molecule has 0 aliphatic carbocycles. The number of carbonyl (C=O) groups is 1. The molecule has 0 saturated carbocycles. The van der Waals surface area contributed by atoms with Crippen molar-refractivity contribution >= 4 is 5.97 Å². The molecule has 0 heterocycles. The number of unbranched alkanes of at least 4 members (excludes halogenated alkanes) is 1. The van der Waals surface area contributed by atoms with E-state index in [0.29, 0.717) is 5.56 Å². The lowest BCUT2D eigenvalue weighted by molar-refractivity contribution is 0.0600. The predicted molar refractivity (Wildman–Crippen MR) is 59.8 cm³/mol. The molecule has 1 aromatic carbocycles. The van der Waals surface area contributed by atoms with Gasteiger partial charge in [0.25, 0.3) is 0 Å². The maximum atomic E-state index is 11.1. The first-order valence-corrected chi connectivity index (χ1v) is 5.15. The second kappa shape index (κ2) is 6.19. The van der Waals surface area contributed by atoms with Gasteiger partial charge in [-0.1, -0.05) is 12.1 Å². The van der Waals surface area contributed by atoms with E-state index in [4.69, 9.17) is 5.73 Å². The molecular formula is C12H17NO2. The van der Waals surface area contributed by atoms with E-state index in [2.05, 4.69) is 4.74 Å². The van der Waals surface area contributed by atoms with Crippen LogP contribution in [0.3, 0.4) is 0 Å². The van der Waals surface area contributed by atoms with Crippen LogP contribution in [0.5, 0.6) is 0 Å². The highest BCUT2D eigenvalue weighted by Crippen LogP contribution is 2.08. The van der Waals surface area contributed by atoms with Gasteiger partial charge < -0.3 is 10.5 Å². The highest BCUT2D eigenvalue weighted by molar-refractivity contribution is 5.89. The Morgan fingerprint density at radius 3 is 2.47 bits per heavy atom. The first kappa shape index (κ1) is 11.7. The van der Waals surface area contributed by atoms with Gasteiger partial charge in [-0.3, -0.25) is 0 Å². The molecule has 1 aromatic rings. The van der Waals surface area contributed by atoms with Crippen LogP contribution in [0, 0.1) is 0 Å². The van der Waals surface area contributed by atoms with Gasteiger partial charge in [-0.25, -0.2) is 4.79 Å². The van der Waals surface area contributed by atoms with Crippen LogP contribution in [0.15, 0.2) is 24.3 Å². The maximum absolute atomic E-state index is 11.1. The van der Waals surface area contributed by atoms with Gasteiger partial charge in [0.15, 0.2) is 0 Å². The summed E-state index contributed by atoms with van der Waals surface area (Å²) in [5.41, 5.74) is 7.24. The fourth-order valence-corrected chi connectivity index (χ4v) is 1.40. The van der Waals surface area contributed by atoms with E-state index in [1.165, 1.54) is 12.7 Å². The summed E-state index contributed by atoms with van der Waals surface area (Å²) in [6.45, 7) is 0.736. The fraction of sp³-hybridized carbons (Fsp3) is 0.417. The van der Waals surface area contributed by atoms with Gasteiger partial charge in [0, 0.05) is 0 Å². The molecule has 0 radical (unpaired) electrons. The number of carbonyl (C=O) groups excluding carboxylic acids is 1. The molecule has 3 heteroatoms. The molecule has 0 aromatic heterocycles. The molecule has 0 spiro atoms. The Morgan fingerprint density at radius 2 is 1.93 bits per heavy atom. The third-order valence-corrected chi connectivity index (χ3v) is 2.29. The highest BCUT2D eigenvalue weighted by atomic mass is 16.5. The number of ether oxygens (including phenoxy) is 1. The Kier molecular flexibility index (Phi) is 4.84. The van der Waals surface area contributed by atoms with Gasteiger partial charge >= 0.3 is 5.97 Å². The normalized spacial score (nSPS) is 10.0. The minimum absolute atomic E-state index is 0.288. The number of benzene rings is 1. The lowest BCUT2D eigenvalue weighted by atomic mass is 10.1. The molecule has 82 valence electrons. The molecule has 0 saturated heterocycles. The summed E-state index contributed by atoms with van der Waals surface area (Å²) in [5, 5.41) is 0. The van der Waals surface area contributed by atoms with E-state index >= 15 is 0 Å². The van der Waals surface area contributed by atoms with Crippen LogP contribution in [0.25, 0.3) is 0 Å². The molecule has 0 atom stereocenters. The summed E-state index contributed by atoms with van der Waals surface area (Å²) < 4.78 is 4.62. The van der Waals surface area contributed by atoms with Crippen molar-refractivity contribution in [1.29, 1.82) is 0 Å². The van der Waals surface area contributed by atoms with Crippen molar-refractivity contribution in [2.75, 3.05) is 13.7 Å². The molecule has 0 unspecified atom stereocenters. The molecule has 3 nitrogen and oxygen atoms in total. The smallest absolute Gasteiger partial charge is 0.337 e. The minimum Gasteiger partial charge on any atom is -0.465 e. The number of esters is 1. The van der Waals surface area contributed by atoms with Crippen LogP contribution < -0.4 is 5.73 Å². The number of aryl methyl sites for hydroxylation is 1. The fourth-order valence-electron chi connectivity index (χ4n) is 1.40. The van der Waals surface area contributed by atoms with Crippen LogP contribution in [0.1, 0.15) is 28.8 Å². The van der Waals surface area contributed by atoms with E-state index in [-0.39, 0.29) is 5.97 Å². The Labute approximate surface area is 90.2 Å². The third kappa shape index (κ3) is 3.72. The molecule has 0 fully saturated rings. The van der Waals surface area contributed by atoms with E-state index in [0.717, 1.165) is 25.8 Å². The monoisotopic (exact) mass is 207 g/mol. The van der Waals surface area contributed by atoms with Crippen LogP contribution in [0.4, 0.5) is 0 Å². The summed E-state index contributed by atoms with van der Waals surface area (Å²) >= 11 is 0. The van der Waals surface area contributed by atoms with Gasteiger partial charge in [0.05, 0.1) is 12.7 Å². The van der Waals surface area contributed by atoms with Crippen LogP contribution in [-0.2, 0) is 11.2 Å². The van der Waals surface area contributed by atoms with Crippen molar-refractivity contribution in [3.63, 3.8) is 0 Å². The third-order valence-electron chi connectivity index (χ3n) is 2.29. The largest absolute Gasteiger partial charge is 0.465 e. The molecule has 0 aliphatic rings. The molecule has 15 heavy (non-hydrogen) atoms. The summed E-state index contributed by atoms with van der Waals surface area (Å²) in [4.78, 5) is 11.1.